The zero-order chi connectivity index (χ0) is 18.4. The zero-order valence-electron chi connectivity index (χ0n) is 15.7. The van der Waals surface area contributed by atoms with Crippen LogP contribution in [0.4, 0.5) is 0 Å². The Hall–Kier alpha value is -2.41. The molecule has 0 unspecified atom stereocenters. The van der Waals surface area contributed by atoms with E-state index in [1.54, 1.807) is 22.9 Å². The first-order chi connectivity index (χ1) is 13.2. The summed E-state index contributed by atoms with van der Waals surface area (Å²) in [7, 11) is 2.17. The van der Waals surface area contributed by atoms with Crippen LogP contribution in [-0.2, 0) is 26.4 Å². The fourth-order valence-electron chi connectivity index (χ4n) is 4.72. The standard InChI is InChI=1S/C20H25N5O2/c1-23-15-7-3-2-6-14(15)22-18(23)16-8-5-11-24(16)12-13-25-19-17(27-20(25)26)9-4-10-21-19/h4,9-10,16H,2-3,5-8,11-13H2,1H3/t16-/m1/s1. The fraction of sp³-hybridized carbons (Fsp3) is 0.550. The van der Waals surface area contributed by atoms with Crippen molar-refractivity contribution in [1.82, 2.24) is 24.0 Å². The number of hydrogen-bond acceptors (Lipinski definition) is 5. The summed E-state index contributed by atoms with van der Waals surface area (Å²) in [5.74, 6) is 0.869. The molecule has 1 fully saturated rings. The van der Waals surface area contributed by atoms with Gasteiger partial charge in [-0.3, -0.25) is 9.47 Å². The number of pyridine rings is 1. The summed E-state index contributed by atoms with van der Waals surface area (Å²) in [6.45, 7) is 2.43. The molecule has 3 aromatic heterocycles. The topological polar surface area (TPSA) is 69.1 Å². The largest absolute Gasteiger partial charge is 0.421 e. The number of imidazole rings is 1. The second kappa shape index (κ2) is 6.64. The second-order valence-corrected chi connectivity index (χ2v) is 7.67. The summed E-state index contributed by atoms with van der Waals surface area (Å²) in [6, 6.07) is 3.91. The zero-order valence-corrected chi connectivity index (χ0v) is 15.7. The first kappa shape index (κ1) is 16.7. The minimum Gasteiger partial charge on any atom is -0.406 e. The molecule has 0 N–H and O–H groups in total. The Labute approximate surface area is 157 Å². The Morgan fingerprint density at radius 3 is 3.00 bits per heavy atom. The molecule has 0 aromatic carbocycles. The van der Waals surface area contributed by atoms with Gasteiger partial charge in [0.15, 0.2) is 11.2 Å². The van der Waals surface area contributed by atoms with E-state index in [0.717, 1.165) is 32.4 Å². The van der Waals surface area contributed by atoms with Crippen LogP contribution in [0.3, 0.4) is 0 Å². The molecular weight excluding hydrogens is 342 g/mol. The number of aromatic nitrogens is 4. The van der Waals surface area contributed by atoms with Crippen LogP contribution in [0.15, 0.2) is 27.5 Å². The molecule has 4 heterocycles. The lowest BCUT2D eigenvalue weighted by atomic mass is 10.0. The van der Waals surface area contributed by atoms with Gasteiger partial charge in [0.05, 0.1) is 11.7 Å². The third-order valence-corrected chi connectivity index (χ3v) is 6.11. The molecule has 1 atom stereocenters. The Morgan fingerprint density at radius 2 is 2.11 bits per heavy atom. The van der Waals surface area contributed by atoms with Crippen molar-refractivity contribution in [3.8, 4) is 0 Å². The van der Waals surface area contributed by atoms with E-state index in [2.05, 4.69) is 21.5 Å². The molecule has 0 bridgehead atoms. The summed E-state index contributed by atoms with van der Waals surface area (Å²) >= 11 is 0. The predicted octanol–water partition coefficient (Wildman–Crippen LogP) is 2.44. The molecule has 3 aromatic rings. The number of nitrogens with zero attached hydrogens (tertiary/aromatic N) is 5. The molecule has 142 valence electrons. The van der Waals surface area contributed by atoms with Crippen LogP contribution in [0.2, 0.25) is 0 Å². The van der Waals surface area contributed by atoms with Crippen LogP contribution in [0, 0.1) is 0 Å². The van der Waals surface area contributed by atoms with Gasteiger partial charge >= 0.3 is 5.76 Å². The van der Waals surface area contributed by atoms with Crippen molar-refractivity contribution < 1.29 is 4.42 Å². The molecule has 2 aliphatic rings. The highest BCUT2D eigenvalue weighted by atomic mass is 16.4. The number of hydrogen-bond donors (Lipinski definition) is 0. The van der Waals surface area contributed by atoms with Crippen molar-refractivity contribution in [2.75, 3.05) is 13.1 Å². The molecule has 0 spiro atoms. The summed E-state index contributed by atoms with van der Waals surface area (Å²) in [5, 5.41) is 0. The Kier molecular flexibility index (Phi) is 4.11. The SMILES string of the molecule is Cn1c([C@H]2CCCN2CCn2c(=O)oc3cccnc32)nc2c1CCCC2. The van der Waals surface area contributed by atoms with E-state index in [-0.39, 0.29) is 5.76 Å². The average molecular weight is 367 g/mol. The van der Waals surface area contributed by atoms with Gasteiger partial charge in [0, 0.05) is 32.0 Å². The van der Waals surface area contributed by atoms with Crippen LogP contribution < -0.4 is 5.76 Å². The van der Waals surface area contributed by atoms with Crippen molar-refractivity contribution >= 4 is 11.2 Å². The maximum absolute atomic E-state index is 12.2. The molecule has 7 nitrogen and oxygen atoms in total. The summed E-state index contributed by atoms with van der Waals surface area (Å²) in [4.78, 5) is 24.0. The summed E-state index contributed by atoms with van der Waals surface area (Å²) in [5.41, 5.74) is 3.90. The van der Waals surface area contributed by atoms with E-state index in [4.69, 9.17) is 9.40 Å². The highest BCUT2D eigenvalue weighted by Crippen LogP contribution is 2.33. The third kappa shape index (κ3) is 2.81. The predicted molar refractivity (Wildman–Crippen MR) is 102 cm³/mol. The first-order valence-electron chi connectivity index (χ1n) is 9.95. The van der Waals surface area contributed by atoms with Gasteiger partial charge < -0.3 is 8.98 Å². The van der Waals surface area contributed by atoms with Crippen molar-refractivity contribution in [2.24, 2.45) is 7.05 Å². The van der Waals surface area contributed by atoms with E-state index in [0.29, 0.717) is 23.8 Å². The Bertz CT molecular complexity index is 1030. The first-order valence-corrected chi connectivity index (χ1v) is 9.95. The maximum Gasteiger partial charge on any atom is 0.421 e. The highest BCUT2D eigenvalue weighted by molar-refractivity contribution is 5.67. The van der Waals surface area contributed by atoms with Gasteiger partial charge in [0.1, 0.15) is 5.82 Å². The van der Waals surface area contributed by atoms with E-state index in [9.17, 15) is 4.79 Å². The van der Waals surface area contributed by atoms with Crippen LogP contribution in [0.25, 0.3) is 11.2 Å². The molecule has 1 aliphatic heterocycles. The molecule has 27 heavy (non-hydrogen) atoms. The van der Waals surface area contributed by atoms with E-state index in [1.165, 1.54) is 36.5 Å². The quantitative estimate of drug-likeness (QED) is 0.708. The van der Waals surface area contributed by atoms with E-state index in [1.807, 2.05) is 0 Å². The van der Waals surface area contributed by atoms with Crippen LogP contribution >= 0.6 is 0 Å². The van der Waals surface area contributed by atoms with Gasteiger partial charge in [-0.05, 0) is 57.2 Å². The van der Waals surface area contributed by atoms with Gasteiger partial charge in [-0.2, -0.15) is 0 Å². The Balaban J connectivity index is 1.38. The minimum absolute atomic E-state index is 0.327. The number of fused-ring (bicyclic) bond motifs is 2. The van der Waals surface area contributed by atoms with Crippen molar-refractivity contribution in [3.05, 3.63) is 46.1 Å². The van der Waals surface area contributed by atoms with Crippen molar-refractivity contribution in [1.29, 1.82) is 0 Å². The Morgan fingerprint density at radius 1 is 1.22 bits per heavy atom. The molecule has 0 radical (unpaired) electrons. The fourth-order valence-corrected chi connectivity index (χ4v) is 4.72. The van der Waals surface area contributed by atoms with Gasteiger partial charge in [0.25, 0.3) is 0 Å². The van der Waals surface area contributed by atoms with Crippen molar-refractivity contribution in [2.45, 2.75) is 51.1 Å². The lowest BCUT2D eigenvalue weighted by molar-refractivity contribution is 0.233. The number of rotatable bonds is 4. The summed E-state index contributed by atoms with van der Waals surface area (Å²) in [6.07, 6.45) is 8.77. The van der Waals surface area contributed by atoms with Gasteiger partial charge in [-0.1, -0.05) is 0 Å². The van der Waals surface area contributed by atoms with Gasteiger partial charge in [-0.15, -0.1) is 0 Å². The average Bonchev–Trinajstić information content (AvgIpc) is 3.36. The molecule has 0 saturated carbocycles. The van der Waals surface area contributed by atoms with Crippen LogP contribution in [-0.4, -0.2) is 37.1 Å². The molecular formula is C20H25N5O2. The number of oxazole rings is 1. The second-order valence-electron chi connectivity index (χ2n) is 7.67. The third-order valence-electron chi connectivity index (χ3n) is 6.11. The molecule has 0 amide bonds. The molecule has 1 saturated heterocycles. The van der Waals surface area contributed by atoms with Crippen LogP contribution in [0.5, 0.6) is 0 Å². The normalized spacial score (nSPS) is 20.4. The lowest BCUT2D eigenvalue weighted by Crippen LogP contribution is -2.31. The maximum atomic E-state index is 12.2. The number of aryl methyl sites for hydroxylation is 1. The monoisotopic (exact) mass is 367 g/mol. The van der Waals surface area contributed by atoms with E-state index < -0.39 is 0 Å². The van der Waals surface area contributed by atoms with E-state index >= 15 is 0 Å². The lowest BCUT2D eigenvalue weighted by Gasteiger charge is -2.24. The van der Waals surface area contributed by atoms with Crippen LogP contribution in [0.1, 0.15) is 48.9 Å². The van der Waals surface area contributed by atoms with Gasteiger partial charge in [-0.25, -0.2) is 14.8 Å². The smallest absolute Gasteiger partial charge is 0.406 e. The minimum atomic E-state index is -0.327. The molecule has 5 rings (SSSR count). The van der Waals surface area contributed by atoms with Crippen molar-refractivity contribution in [3.63, 3.8) is 0 Å². The number of likely N-dealkylation sites (tertiary alicyclic amines) is 1. The molecule has 7 heteroatoms. The molecule has 1 aliphatic carbocycles. The van der Waals surface area contributed by atoms with Gasteiger partial charge in [0.2, 0.25) is 0 Å². The highest BCUT2D eigenvalue weighted by Gasteiger charge is 2.31. The summed E-state index contributed by atoms with van der Waals surface area (Å²) < 4.78 is 9.29.